The van der Waals surface area contributed by atoms with E-state index in [1.807, 2.05) is 0 Å². The van der Waals surface area contributed by atoms with Gasteiger partial charge in [-0.1, -0.05) is 0 Å². The van der Waals surface area contributed by atoms with Gasteiger partial charge in [0.1, 0.15) is 29.4 Å². The lowest BCUT2D eigenvalue weighted by Crippen LogP contribution is -2.32. The van der Waals surface area contributed by atoms with Crippen LogP contribution in [0.2, 0.25) is 0 Å². The van der Waals surface area contributed by atoms with Crippen LogP contribution in [0.1, 0.15) is 5.85 Å². The number of hydrogen-bond donors (Lipinski definition) is 5. The average Bonchev–Trinajstić information content (AvgIpc) is 2.93. The van der Waals surface area contributed by atoms with Gasteiger partial charge in [-0.3, -0.25) is 9.78 Å². The Hall–Kier alpha value is -1.51. The maximum atomic E-state index is 11.7. The number of fused-ring (bicyclic) bond motifs is 1. The van der Waals surface area contributed by atoms with Crippen LogP contribution in [0.15, 0.2) is 10.7 Å². The van der Waals surface area contributed by atoms with Crippen molar-refractivity contribution in [2.24, 2.45) is 0 Å². The van der Waals surface area contributed by atoms with Crippen molar-refractivity contribution in [1.29, 1.82) is 0 Å². The third-order valence-corrected chi connectivity index (χ3v) is 5.38. The first-order chi connectivity index (χ1) is 9.52. The standard InChI is InChI=1S/C10H13N4O5P/c11-10-13-7(18)4-8(14-10)20(2-12-4)9-6(17)5(16)3(1-15)19-9/h2-3,5-6,9,15-17H,1H2,(H3,11,13,14,18)/t3-,5-,6-,9+,20?/m1/s1. The number of ether oxygens (including phenoxy) is 1. The second kappa shape index (κ2) is 4.80. The molecule has 20 heavy (non-hydrogen) atoms. The fraction of sp³-hybridized carbons (Fsp3) is 0.500. The van der Waals surface area contributed by atoms with Crippen LogP contribution in [0.5, 0.6) is 0 Å². The Morgan fingerprint density at radius 2 is 2.20 bits per heavy atom. The highest BCUT2D eigenvalue weighted by Gasteiger charge is 2.44. The van der Waals surface area contributed by atoms with Gasteiger partial charge in [-0.05, 0) is 7.53 Å². The topological polar surface area (TPSA) is 155 Å². The van der Waals surface area contributed by atoms with Crippen LogP contribution in [-0.2, 0) is 4.74 Å². The minimum atomic E-state index is -1.34. The Bertz CT molecular complexity index is 701. The first kappa shape index (κ1) is 13.5. The van der Waals surface area contributed by atoms with E-state index in [0.717, 1.165) is 0 Å². The van der Waals surface area contributed by atoms with Crippen LogP contribution >= 0.6 is 7.53 Å². The largest absolute Gasteiger partial charge is 0.394 e. The van der Waals surface area contributed by atoms with Gasteiger partial charge in [-0.25, -0.2) is 9.97 Å². The molecule has 10 heteroatoms. The summed E-state index contributed by atoms with van der Waals surface area (Å²) in [5.74, 6) is 0.663. The van der Waals surface area contributed by atoms with Crippen LogP contribution in [-0.4, -0.2) is 55.2 Å². The number of hydrogen-bond acceptors (Lipinski definition) is 8. The second-order valence-corrected chi connectivity index (χ2v) is 6.48. The van der Waals surface area contributed by atoms with E-state index in [2.05, 4.69) is 15.0 Å². The van der Waals surface area contributed by atoms with E-state index in [9.17, 15) is 15.0 Å². The molecule has 0 saturated carbocycles. The van der Waals surface area contributed by atoms with E-state index in [-0.39, 0.29) is 11.5 Å². The summed E-state index contributed by atoms with van der Waals surface area (Å²) < 4.78 is 5.45. The Balaban J connectivity index is 2.09. The molecule has 9 nitrogen and oxygen atoms in total. The van der Waals surface area contributed by atoms with Crippen molar-refractivity contribution in [3.63, 3.8) is 0 Å². The summed E-state index contributed by atoms with van der Waals surface area (Å²) in [4.78, 5) is 22.0. The maximum absolute atomic E-state index is 11.7. The molecule has 1 aliphatic rings. The molecule has 0 amide bonds. The highest BCUT2D eigenvalue weighted by atomic mass is 31.1. The first-order valence-corrected chi connectivity index (χ1v) is 7.35. The molecule has 108 valence electrons. The summed E-state index contributed by atoms with van der Waals surface area (Å²) >= 11 is 0. The van der Waals surface area contributed by atoms with Crippen LogP contribution < -0.4 is 11.3 Å². The lowest BCUT2D eigenvalue weighted by molar-refractivity contribution is -0.0124. The van der Waals surface area contributed by atoms with Crippen molar-refractivity contribution < 1.29 is 20.1 Å². The van der Waals surface area contributed by atoms with Gasteiger partial charge in [0, 0.05) is 0 Å². The summed E-state index contributed by atoms with van der Waals surface area (Å²) in [5, 5.41) is 29.2. The lowest BCUT2D eigenvalue weighted by Gasteiger charge is -2.13. The number of nitrogens with two attached hydrogens (primary N) is 1. The third-order valence-electron chi connectivity index (χ3n) is 3.24. The number of H-pyrrole nitrogens is 1. The Kier molecular flexibility index (Phi) is 3.23. The van der Waals surface area contributed by atoms with E-state index in [4.69, 9.17) is 15.6 Å². The van der Waals surface area contributed by atoms with Crippen LogP contribution in [0, 0.1) is 0 Å². The molecule has 1 unspecified atom stereocenters. The molecule has 6 N–H and O–H groups in total. The lowest BCUT2D eigenvalue weighted by atomic mass is 10.2. The van der Waals surface area contributed by atoms with Crippen molar-refractivity contribution in [3.8, 4) is 0 Å². The SMILES string of the molecule is Nc1nc2c(ncp2[C@@H]2O[C@H](CO)[C@@H](O)[C@H]2O)c(=O)[nH]1. The number of rotatable bonds is 2. The van der Waals surface area contributed by atoms with Gasteiger partial charge in [-0.15, -0.1) is 0 Å². The number of nitrogens with one attached hydrogen (secondary N) is 1. The molecule has 5 atom stereocenters. The smallest absolute Gasteiger partial charge is 0.279 e. The average molecular weight is 300 g/mol. The van der Waals surface area contributed by atoms with Gasteiger partial charge in [-0.2, -0.15) is 0 Å². The minimum Gasteiger partial charge on any atom is -0.394 e. The highest BCUT2D eigenvalue weighted by molar-refractivity contribution is 7.54. The van der Waals surface area contributed by atoms with Gasteiger partial charge in [0.25, 0.3) is 5.56 Å². The Morgan fingerprint density at radius 3 is 2.85 bits per heavy atom. The van der Waals surface area contributed by atoms with Crippen molar-refractivity contribution in [2.45, 2.75) is 24.2 Å². The monoisotopic (exact) mass is 300 g/mol. The van der Waals surface area contributed by atoms with Crippen molar-refractivity contribution in [1.82, 2.24) is 15.0 Å². The second-order valence-electron chi connectivity index (χ2n) is 4.50. The van der Waals surface area contributed by atoms with E-state index in [1.165, 1.54) is 5.93 Å². The van der Waals surface area contributed by atoms with E-state index in [1.54, 1.807) is 0 Å². The molecule has 2 aromatic heterocycles. The molecular formula is C10H13N4O5P. The predicted molar refractivity (Wildman–Crippen MR) is 70.3 cm³/mol. The number of nitrogen functional groups attached to an aromatic ring is 1. The molecule has 0 aliphatic carbocycles. The third kappa shape index (κ3) is 1.91. The summed E-state index contributed by atoms with van der Waals surface area (Å²) in [6, 6.07) is 0. The van der Waals surface area contributed by atoms with Gasteiger partial charge >= 0.3 is 0 Å². The molecule has 0 aromatic carbocycles. The van der Waals surface area contributed by atoms with Gasteiger partial charge < -0.3 is 25.8 Å². The molecule has 1 saturated heterocycles. The zero-order chi connectivity index (χ0) is 14.4. The van der Waals surface area contributed by atoms with Gasteiger partial charge in [0.15, 0.2) is 5.52 Å². The maximum Gasteiger partial charge on any atom is 0.279 e. The number of anilines is 1. The zero-order valence-electron chi connectivity index (χ0n) is 10.2. The molecule has 1 aliphatic heterocycles. The summed E-state index contributed by atoms with van der Waals surface area (Å²) in [5.41, 5.74) is 5.19. The van der Waals surface area contributed by atoms with Crippen molar-refractivity contribution in [2.75, 3.05) is 12.3 Å². The normalized spacial score (nSPS) is 31.1. The molecule has 2 aromatic rings. The Labute approximate surface area is 113 Å². The quantitative estimate of drug-likeness (QED) is 0.449. The van der Waals surface area contributed by atoms with E-state index < -0.39 is 43.9 Å². The van der Waals surface area contributed by atoms with Crippen LogP contribution in [0.3, 0.4) is 0 Å². The fourth-order valence-corrected chi connectivity index (χ4v) is 4.38. The molecular weight excluding hydrogens is 287 g/mol. The van der Waals surface area contributed by atoms with E-state index >= 15 is 0 Å². The van der Waals surface area contributed by atoms with E-state index in [0.29, 0.717) is 5.25 Å². The molecule has 3 heterocycles. The molecule has 0 radical (unpaired) electrons. The van der Waals surface area contributed by atoms with Crippen LogP contribution in [0.25, 0.3) is 10.8 Å². The number of aliphatic hydroxyl groups excluding tert-OH is 3. The minimum absolute atomic E-state index is 0.0431. The van der Waals surface area contributed by atoms with Crippen LogP contribution in [0.4, 0.5) is 5.95 Å². The molecule has 0 bridgehead atoms. The van der Waals surface area contributed by atoms with Gasteiger partial charge in [0.05, 0.1) is 12.5 Å². The number of aromatic amines is 1. The zero-order valence-corrected chi connectivity index (χ0v) is 11.1. The Morgan fingerprint density at radius 1 is 1.45 bits per heavy atom. The van der Waals surface area contributed by atoms with Gasteiger partial charge in [0.2, 0.25) is 5.95 Å². The number of aliphatic hydroxyl groups is 3. The molecule has 0 spiro atoms. The number of nitrogens with zero attached hydrogens (tertiary/aromatic N) is 2. The highest BCUT2D eigenvalue weighted by Crippen LogP contribution is 2.51. The molecule has 1 fully saturated rings. The summed E-state index contributed by atoms with van der Waals surface area (Å²) in [6.07, 6.45) is -3.24. The predicted octanol–water partition coefficient (Wildman–Crippen LogP) is -1.50. The first-order valence-electron chi connectivity index (χ1n) is 5.87. The molecule has 3 rings (SSSR count). The van der Waals surface area contributed by atoms with Crippen molar-refractivity contribution in [3.05, 3.63) is 16.3 Å². The summed E-state index contributed by atoms with van der Waals surface area (Å²) in [6.45, 7) is -0.410. The van der Waals surface area contributed by atoms with Crippen molar-refractivity contribution >= 4 is 24.2 Å². The fourth-order valence-electron chi connectivity index (χ4n) is 2.24. The number of aromatic nitrogens is 3. The summed E-state index contributed by atoms with van der Waals surface area (Å²) in [7, 11) is -1.34.